The summed E-state index contributed by atoms with van der Waals surface area (Å²) in [7, 11) is 0. The Morgan fingerprint density at radius 1 is 1.00 bits per heavy atom. The molecule has 0 aliphatic heterocycles. The summed E-state index contributed by atoms with van der Waals surface area (Å²) in [5.74, 6) is 0. The third kappa shape index (κ3) is 3.92. The monoisotopic (exact) mass is 307 g/mol. The smallest absolute Gasteiger partial charge is 0.177 e. The molecule has 2 nitrogen and oxygen atoms in total. The van der Waals surface area contributed by atoms with Gasteiger partial charge in [0.2, 0.25) is 0 Å². The van der Waals surface area contributed by atoms with Crippen LogP contribution >= 0.6 is 11.6 Å². The minimum absolute atomic E-state index is 0.00338. The van der Waals surface area contributed by atoms with Crippen molar-refractivity contribution in [3.8, 4) is 0 Å². The highest BCUT2D eigenvalue weighted by Crippen LogP contribution is 2.28. The molecule has 0 aromatic heterocycles. The van der Waals surface area contributed by atoms with Crippen molar-refractivity contribution in [2.24, 2.45) is 0 Å². The molecule has 0 bridgehead atoms. The summed E-state index contributed by atoms with van der Waals surface area (Å²) in [6.07, 6.45) is 0. The van der Waals surface area contributed by atoms with E-state index in [2.05, 4.69) is 26.1 Å². The van der Waals surface area contributed by atoms with Crippen LogP contribution in [-0.4, -0.2) is 10.1 Å². The van der Waals surface area contributed by atoms with E-state index in [4.69, 9.17) is 11.6 Å². The average Bonchev–Trinajstić information content (AvgIpc) is 2.37. The molecular formula is C16H18ClNOS. The minimum Gasteiger partial charge on any atom is -0.606 e. The number of hydrogen-bond acceptors (Lipinski definition) is 2. The van der Waals surface area contributed by atoms with Gasteiger partial charge < -0.3 is 9.87 Å². The zero-order chi connectivity index (χ0) is 14.8. The number of rotatable bonds is 3. The molecule has 0 fully saturated rings. The molecule has 2 rings (SSSR count). The van der Waals surface area contributed by atoms with E-state index >= 15 is 0 Å². The molecule has 2 aromatic carbocycles. The van der Waals surface area contributed by atoms with Gasteiger partial charge in [-0.1, -0.05) is 23.7 Å². The van der Waals surface area contributed by atoms with Gasteiger partial charge in [0.25, 0.3) is 0 Å². The Bertz CT molecular complexity index is 578. The van der Waals surface area contributed by atoms with Crippen molar-refractivity contribution in [3.63, 3.8) is 0 Å². The Labute approximate surface area is 128 Å². The summed E-state index contributed by atoms with van der Waals surface area (Å²) in [5, 5.41) is 3.90. The second kappa shape index (κ2) is 6.08. The van der Waals surface area contributed by atoms with Gasteiger partial charge in [0, 0.05) is 22.4 Å². The third-order valence-electron chi connectivity index (χ3n) is 2.62. The topological polar surface area (TPSA) is 35.1 Å². The summed E-state index contributed by atoms with van der Waals surface area (Å²) in [5.41, 5.74) is 1.01. The van der Waals surface area contributed by atoms with Crippen molar-refractivity contribution >= 4 is 28.5 Å². The SMILES string of the molecule is CC(C)(C)Nc1ccc([S+]([O-])c2ccccc2Cl)cc1. The third-order valence-corrected chi connectivity index (χ3v) is 4.52. The maximum absolute atomic E-state index is 12.5. The molecule has 0 amide bonds. The number of halogens is 1. The predicted octanol–water partition coefficient (Wildman–Crippen LogP) is 4.72. The van der Waals surface area contributed by atoms with Crippen LogP contribution in [0.15, 0.2) is 58.3 Å². The second-order valence-electron chi connectivity index (χ2n) is 5.60. The second-order valence-corrected chi connectivity index (χ2v) is 7.45. The Morgan fingerprint density at radius 2 is 1.60 bits per heavy atom. The van der Waals surface area contributed by atoms with E-state index in [1.54, 1.807) is 12.1 Å². The fraction of sp³-hybridized carbons (Fsp3) is 0.250. The highest BCUT2D eigenvalue weighted by atomic mass is 35.5. The quantitative estimate of drug-likeness (QED) is 0.833. The molecule has 106 valence electrons. The fourth-order valence-corrected chi connectivity index (χ4v) is 3.25. The first-order chi connectivity index (χ1) is 9.37. The minimum atomic E-state index is -1.25. The standard InChI is InChI=1S/C16H18ClNOS/c1-16(2,3)18-12-8-10-13(11-9-12)20(19)15-7-5-4-6-14(15)17/h4-11,18H,1-3H3. The fourth-order valence-electron chi connectivity index (χ4n) is 1.82. The maximum Gasteiger partial charge on any atom is 0.177 e. The Balaban J connectivity index is 2.20. The van der Waals surface area contributed by atoms with E-state index in [9.17, 15) is 4.55 Å². The van der Waals surface area contributed by atoms with Gasteiger partial charge in [-0.3, -0.25) is 0 Å². The van der Waals surface area contributed by atoms with Crippen molar-refractivity contribution in [3.05, 3.63) is 53.6 Å². The molecule has 0 radical (unpaired) electrons. The van der Waals surface area contributed by atoms with Crippen LogP contribution in [0, 0.1) is 0 Å². The molecule has 4 heteroatoms. The van der Waals surface area contributed by atoms with Gasteiger partial charge in [-0.25, -0.2) is 0 Å². The van der Waals surface area contributed by atoms with Crippen molar-refractivity contribution in [1.29, 1.82) is 0 Å². The summed E-state index contributed by atoms with van der Waals surface area (Å²) in [6, 6.07) is 14.8. The van der Waals surface area contributed by atoms with E-state index in [-0.39, 0.29) is 5.54 Å². The average molecular weight is 308 g/mol. The first-order valence-electron chi connectivity index (χ1n) is 6.41. The summed E-state index contributed by atoms with van der Waals surface area (Å²) in [4.78, 5) is 1.39. The highest BCUT2D eigenvalue weighted by Gasteiger charge is 2.18. The lowest BCUT2D eigenvalue weighted by Crippen LogP contribution is -2.25. The zero-order valence-corrected chi connectivity index (χ0v) is 13.4. The van der Waals surface area contributed by atoms with Crippen molar-refractivity contribution < 1.29 is 4.55 Å². The highest BCUT2D eigenvalue weighted by molar-refractivity contribution is 7.91. The largest absolute Gasteiger partial charge is 0.606 e. The van der Waals surface area contributed by atoms with Crippen molar-refractivity contribution in [1.82, 2.24) is 0 Å². The molecule has 1 atom stereocenters. The molecule has 0 aliphatic rings. The Morgan fingerprint density at radius 3 is 2.15 bits per heavy atom. The summed E-state index contributed by atoms with van der Waals surface area (Å²) >= 11 is 4.83. The molecule has 2 aromatic rings. The predicted molar refractivity (Wildman–Crippen MR) is 85.9 cm³/mol. The van der Waals surface area contributed by atoms with Crippen LogP contribution in [0.25, 0.3) is 0 Å². The number of hydrogen-bond donors (Lipinski definition) is 1. The van der Waals surface area contributed by atoms with Gasteiger partial charge in [0.05, 0.1) is 5.02 Å². The molecular weight excluding hydrogens is 290 g/mol. The van der Waals surface area contributed by atoms with Gasteiger partial charge in [0.15, 0.2) is 9.79 Å². The van der Waals surface area contributed by atoms with E-state index < -0.39 is 11.2 Å². The first kappa shape index (κ1) is 15.2. The van der Waals surface area contributed by atoms with Crippen LogP contribution in [0.4, 0.5) is 5.69 Å². The lowest BCUT2D eigenvalue weighted by Gasteiger charge is -2.22. The van der Waals surface area contributed by atoms with Crippen molar-refractivity contribution in [2.45, 2.75) is 36.1 Å². The van der Waals surface area contributed by atoms with Crippen LogP contribution in [0.2, 0.25) is 5.02 Å². The zero-order valence-electron chi connectivity index (χ0n) is 11.8. The van der Waals surface area contributed by atoms with Gasteiger partial charge in [-0.2, -0.15) is 0 Å². The molecule has 0 saturated heterocycles. The molecule has 0 saturated carbocycles. The van der Waals surface area contributed by atoms with Crippen LogP contribution in [0.3, 0.4) is 0 Å². The lowest BCUT2D eigenvalue weighted by atomic mass is 10.1. The van der Waals surface area contributed by atoms with Crippen LogP contribution in [-0.2, 0) is 11.2 Å². The van der Waals surface area contributed by atoms with E-state index in [1.807, 2.05) is 36.4 Å². The molecule has 20 heavy (non-hydrogen) atoms. The molecule has 0 spiro atoms. The van der Waals surface area contributed by atoms with Crippen LogP contribution in [0.1, 0.15) is 20.8 Å². The number of anilines is 1. The number of benzene rings is 2. The van der Waals surface area contributed by atoms with E-state index in [0.717, 1.165) is 10.6 Å². The van der Waals surface area contributed by atoms with Gasteiger partial charge in [-0.05, 0) is 57.2 Å². The first-order valence-corrected chi connectivity index (χ1v) is 7.94. The van der Waals surface area contributed by atoms with Gasteiger partial charge in [-0.15, -0.1) is 0 Å². The molecule has 0 aliphatic carbocycles. The van der Waals surface area contributed by atoms with Crippen LogP contribution < -0.4 is 5.32 Å². The maximum atomic E-state index is 12.5. The number of nitrogens with one attached hydrogen (secondary N) is 1. The Hall–Kier alpha value is -1.16. The molecule has 0 heterocycles. The van der Waals surface area contributed by atoms with E-state index in [1.165, 1.54) is 0 Å². The van der Waals surface area contributed by atoms with E-state index in [0.29, 0.717) is 9.92 Å². The lowest BCUT2D eigenvalue weighted by molar-refractivity contribution is 0.595. The normalized spacial score (nSPS) is 13.1. The molecule has 1 unspecified atom stereocenters. The summed E-state index contributed by atoms with van der Waals surface area (Å²) in [6.45, 7) is 6.30. The molecule has 1 N–H and O–H groups in total. The van der Waals surface area contributed by atoms with Gasteiger partial charge >= 0.3 is 0 Å². The van der Waals surface area contributed by atoms with Crippen molar-refractivity contribution in [2.75, 3.05) is 5.32 Å². The van der Waals surface area contributed by atoms with Crippen LogP contribution in [0.5, 0.6) is 0 Å². The summed E-state index contributed by atoms with van der Waals surface area (Å²) < 4.78 is 12.5. The van der Waals surface area contributed by atoms with Gasteiger partial charge in [0.1, 0.15) is 0 Å². The Kier molecular flexibility index (Phi) is 4.63.